The van der Waals surface area contributed by atoms with Gasteiger partial charge in [0.2, 0.25) is 11.8 Å². The minimum absolute atomic E-state index is 0.0479. The van der Waals surface area contributed by atoms with Crippen molar-refractivity contribution < 1.29 is 24.6 Å². The first-order chi connectivity index (χ1) is 16.3. The molecular formula is C26H23N3O5. The van der Waals surface area contributed by atoms with Crippen molar-refractivity contribution >= 4 is 23.5 Å². The van der Waals surface area contributed by atoms with Gasteiger partial charge in [0.05, 0.1) is 29.3 Å². The average molecular weight is 457 g/mol. The number of phenols is 1. The maximum Gasteiger partial charge on any atom is 0.325 e. The van der Waals surface area contributed by atoms with E-state index in [0.29, 0.717) is 16.9 Å². The van der Waals surface area contributed by atoms with Crippen LogP contribution in [-0.2, 0) is 20.8 Å². The third-order valence-electron chi connectivity index (χ3n) is 6.82. The van der Waals surface area contributed by atoms with Gasteiger partial charge in [-0.25, -0.2) is 4.90 Å². The first-order valence-electron chi connectivity index (χ1n) is 11.0. The van der Waals surface area contributed by atoms with Gasteiger partial charge in [0.1, 0.15) is 11.3 Å². The average Bonchev–Trinajstić information content (AvgIpc) is 3.31. The van der Waals surface area contributed by atoms with Crippen molar-refractivity contribution in [2.24, 2.45) is 11.8 Å². The van der Waals surface area contributed by atoms with E-state index in [2.05, 4.69) is 10.3 Å². The number of carboxylic acids is 1. The highest BCUT2D eigenvalue weighted by Crippen LogP contribution is 2.50. The summed E-state index contributed by atoms with van der Waals surface area (Å²) in [5.41, 5.74) is 0.567. The number of para-hydroxylation sites is 1. The summed E-state index contributed by atoms with van der Waals surface area (Å²) < 4.78 is 0. The second-order valence-corrected chi connectivity index (χ2v) is 8.80. The number of aromatic hydroxyl groups is 1. The summed E-state index contributed by atoms with van der Waals surface area (Å²) in [6.45, 7) is 1.80. The number of imide groups is 1. The van der Waals surface area contributed by atoms with Gasteiger partial charge in [-0.3, -0.25) is 24.7 Å². The normalized spacial score (nSPS) is 26.0. The van der Waals surface area contributed by atoms with Crippen LogP contribution in [0.3, 0.4) is 0 Å². The largest absolute Gasteiger partial charge is 0.508 e. The summed E-state index contributed by atoms with van der Waals surface area (Å²) >= 11 is 0. The van der Waals surface area contributed by atoms with E-state index in [4.69, 9.17) is 0 Å². The first-order valence-corrected chi connectivity index (χ1v) is 11.0. The molecule has 0 bridgehead atoms. The van der Waals surface area contributed by atoms with Crippen molar-refractivity contribution in [2.45, 2.75) is 24.9 Å². The number of aryl methyl sites for hydroxylation is 1. The summed E-state index contributed by atoms with van der Waals surface area (Å²) in [4.78, 5) is 46.0. The lowest BCUT2D eigenvalue weighted by atomic mass is 9.76. The molecule has 0 radical (unpaired) electrons. The van der Waals surface area contributed by atoms with Crippen molar-refractivity contribution in [3.05, 3.63) is 89.7 Å². The number of aliphatic carboxylic acids is 1. The van der Waals surface area contributed by atoms with Crippen LogP contribution in [0.15, 0.2) is 72.9 Å². The molecule has 4 unspecified atom stereocenters. The Morgan fingerprint density at radius 1 is 1.03 bits per heavy atom. The van der Waals surface area contributed by atoms with Crippen LogP contribution < -0.4 is 10.2 Å². The van der Waals surface area contributed by atoms with Crippen LogP contribution in [0.25, 0.3) is 0 Å². The van der Waals surface area contributed by atoms with Crippen molar-refractivity contribution in [1.82, 2.24) is 10.3 Å². The maximum absolute atomic E-state index is 13.8. The van der Waals surface area contributed by atoms with Crippen molar-refractivity contribution in [1.29, 1.82) is 0 Å². The standard InChI is InChI=1S/C26H23N3O5/c1-15-6-2-3-8-19(15)29-23(31)20-21(24(29)32)26(25(33)34,14-16-9-11-17(30)12-10-16)28-22(20)18-7-4-5-13-27-18/h2-13,20-22,28,30H,14H2,1H3,(H,33,34). The van der Waals surface area contributed by atoms with Crippen LogP contribution in [0.1, 0.15) is 22.9 Å². The second-order valence-electron chi connectivity index (χ2n) is 8.80. The molecule has 172 valence electrons. The molecule has 8 nitrogen and oxygen atoms in total. The van der Waals surface area contributed by atoms with Gasteiger partial charge in [0.15, 0.2) is 0 Å². The van der Waals surface area contributed by atoms with E-state index in [1.807, 2.05) is 6.07 Å². The van der Waals surface area contributed by atoms with E-state index in [1.165, 1.54) is 12.1 Å². The minimum Gasteiger partial charge on any atom is -0.508 e. The summed E-state index contributed by atoms with van der Waals surface area (Å²) in [7, 11) is 0. The molecule has 2 saturated heterocycles. The molecule has 3 heterocycles. The Kier molecular flexibility index (Phi) is 5.17. The van der Waals surface area contributed by atoms with E-state index < -0.39 is 41.2 Å². The van der Waals surface area contributed by atoms with Gasteiger partial charge in [0.25, 0.3) is 0 Å². The molecule has 0 saturated carbocycles. The van der Waals surface area contributed by atoms with E-state index in [0.717, 1.165) is 10.5 Å². The van der Waals surface area contributed by atoms with Crippen LogP contribution in [0.4, 0.5) is 5.69 Å². The van der Waals surface area contributed by atoms with Crippen LogP contribution in [0, 0.1) is 18.8 Å². The number of carbonyl (C=O) groups excluding carboxylic acids is 2. The van der Waals surface area contributed by atoms with Crippen LogP contribution in [0.2, 0.25) is 0 Å². The number of benzene rings is 2. The topological polar surface area (TPSA) is 120 Å². The Morgan fingerprint density at radius 3 is 2.38 bits per heavy atom. The zero-order valence-electron chi connectivity index (χ0n) is 18.4. The lowest BCUT2D eigenvalue weighted by molar-refractivity contribution is -0.148. The second kappa shape index (κ2) is 8.07. The molecule has 2 aromatic carbocycles. The minimum atomic E-state index is -1.74. The SMILES string of the molecule is Cc1ccccc1N1C(=O)C2C(c3ccccn3)NC(Cc3ccc(O)cc3)(C(=O)O)C2C1=O. The van der Waals surface area contributed by atoms with Crippen molar-refractivity contribution in [2.75, 3.05) is 4.90 Å². The third kappa shape index (κ3) is 3.26. The van der Waals surface area contributed by atoms with Gasteiger partial charge < -0.3 is 10.2 Å². The Morgan fingerprint density at radius 2 is 1.74 bits per heavy atom. The Labute approximate surface area is 195 Å². The molecule has 34 heavy (non-hydrogen) atoms. The Bertz CT molecular complexity index is 1280. The molecule has 0 spiro atoms. The van der Waals surface area contributed by atoms with Crippen LogP contribution in [-0.4, -0.2) is 38.5 Å². The van der Waals surface area contributed by atoms with Crippen molar-refractivity contribution in [3.8, 4) is 5.75 Å². The fraction of sp³-hybridized carbons (Fsp3) is 0.231. The van der Waals surface area contributed by atoms with Gasteiger partial charge in [-0.05, 0) is 48.4 Å². The molecule has 8 heteroatoms. The number of hydrogen-bond acceptors (Lipinski definition) is 6. The monoisotopic (exact) mass is 457 g/mol. The fourth-order valence-electron chi connectivity index (χ4n) is 5.24. The fourth-order valence-corrected chi connectivity index (χ4v) is 5.24. The molecule has 2 aliphatic rings. The van der Waals surface area contributed by atoms with Crippen molar-refractivity contribution in [3.63, 3.8) is 0 Å². The molecule has 2 aliphatic heterocycles. The highest BCUT2D eigenvalue weighted by Gasteiger charge is 2.69. The van der Waals surface area contributed by atoms with Gasteiger partial charge >= 0.3 is 5.97 Å². The number of nitrogens with zero attached hydrogens (tertiary/aromatic N) is 2. The zero-order chi connectivity index (χ0) is 24.0. The third-order valence-corrected chi connectivity index (χ3v) is 6.82. The molecular weight excluding hydrogens is 434 g/mol. The zero-order valence-corrected chi connectivity index (χ0v) is 18.4. The number of aromatic nitrogens is 1. The predicted octanol–water partition coefficient (Wildman–Crippen LogP) is 2.61. The summed E-state index contributed by atoms with van der Waals surface area (Å²) in [5.74, 6) is -4.23. The van der Waals surface area contributed by atoms with E-state index in [9.17, 15) is 24.6 Å². The number of carboxylic acid groups (broad SMARTS) is 1. The van der Waals surface area contributed by atoms with Gasteiger partial charge in [-0.2, -0.15) is 0 Å². The molecule has 5 rings (SSSR count). The predicted molar refractivity (Wildman–Crippen MR) is 123 cm³/mol. The highest BCUT2D eigenvalue weighted by atomic mass is 16.4. The number of nitrogens with one attached hydrogen (secondary N) is 1. The van der Waals surface area contributed by atoms with Crippen LogP contribution >= 0.6 is 0 Å². The molecule has 0 aliphatic carbocycles. The van der Waals surface area contributed by atoms with E-state index >= 15 is 0 Å². The van der Waals surface area contributed by atoms with Crippen LogP contribution in [0.5, 0.6) is 5.75 Å². The summed E-state index contributed by atoms with van der Waals surface area (Å²) in [5, 5.41) is 23.3. The van der Waals surface area contributed by atoms with E-state index in [1.54, 1.807) is 61.7 Å². The van der Waals surface area contributed by atoms with Gasteiger partial charge in [0, 0.05) is 12.6 Å². The lowest BCUT2D eigenvalue weighted by Crippen LogP contribution is -2.57. The number of fused-ring (bicyclic) bond motifs is 1. The maximum atomic E-state index is 13.8. The summed E-state index contributed by atoms with van der Waals surface area (Å²) in [6, 6.07) is 17.7. The molecule has 3 N–H and O–H groups in total. The summed E-state index contributed by atoms with van der Waals surface area (Å²) in [6.07, 6.45) is 1.53. The molecule has 4 atom stereocenters. The number of amides is 2. The molecule has 2 fully saturated rings. The number of hydrogen-bond donors (Lipinski definition) is 3. The lowest BCUT2D eigenvalue weighted by Gasteiger charge is -2.31. The highest BCUT2D eigenvalue weighted by molar-refractivity contribution is 6.24. The van der Waals surface area contributed by atoms with E-state index in [-0.39, 0.29) is 12.2 Å². The Hall–Kier alpha value is -4.04. The Balaban J connectivity index is 1.66. The number of pyridine rings is 1. The quantitative estimate of drug-likeness (QED) is 0.504. The number of rotatable bonds is 5. The number of carbonyl (C=O) groups is 3. The van der Waals surface area contributed by atoms with Gasteiger partial charge in [-0.1, -0.05) is 36.4 Å². The molecule has 1 aromatic heterocycles. The first kappa shape index (κ1) is 21.8. The molecule has 3 aromatic rings. The number of phenolic OH excluding ortho intramolecular Hbond substituents is 1. The number of anilines is 1. The smallest absolute Gasteiger partial charge is 0.325 e. The molecule has 2 amide bonds. The van der Waals surface area contributed by atoms with Gasteiger partial charge in [-0.15, -0.1) is 0 Å².